The van der Waals surface area contributed by atoms with Gasteiger partial charge in [0.1, 0.15) is 0 Å². The van der Waals surface area contributed by atoms with Gasteiger partial charge in [-0.25, -0.2) is 0 Å². The molecule has 2 heteroatoms. The predicted octanol–water partition coefficient (Wildman–Crippen LogP) is 4.49. The Morgan fingerprint density at radius 3 is 2.76 bits per heavy atom. The Balaban J connectivity index is 1.87. The highest BCUT2D eigenvalue weighted by Crippen LogP contribution is 2.53. The monoisotopic (exact) mass is 289 g/mol. The Kier molecular flexibility index (Phi) is 2.96. The van der Waals surface area contributed by atoms with Gasteiger partial charge in [0.15, 0.2) is 0 Å². The number of nitriles is 1. The molecule has 4 unspecified atom stereocenters. The molecule has 88 valence electrons. The van der Waals surface area contributed by atoms with E-state index in [9.17, 15) is 5.26 Å². The van der Waals surface area contributed by atoms with Gasteiger partial charge in [-0.2, -0.15) is 5.26 Å². The molecule has 1 nitrogen and oxygen atoms in total. The zero-order valence-electron chi connectivity index (χ0n) is 9.77. The highest BCUT2D eigenvalue weighted by atomic mass is 79.9. The molecule has 2 aliphatic rings. The maximum absolute atomic E-state index is 9.49. The van der Waals surface area contributed by atoms with Crippen molar-refractivity contribution >= 4 is 15.9 Å². The fourth-order valence-electron chi connectivity index (χ4n) is 3.82. The van der Waals surface area contributed by atoms with Gasteiger partial charge in [-0.15, -0.1) is 0 Å². The van der Waals surface area contributed by atoms with Crippen LogP contribution in [-0.2, 0) is 0 Å². The number of nitrogens with zero attached hydrogens (tertiary/aromatic N) is 1. The lowest BCUT2D eigenvalue weighted by Crippen LogP contribution is -2.18. The maximum Gasteiger partial charge on any atom is 0.0744 e. The summed E-state index contributed by atoms with van der Waals surface area (Å²) in [5.74, 6) is 2.42. The summed E-state index contributed by atoms with van der Waals surface area (Å²) in [6, 6.07) is 10.8. The number of halogens is 1. The van der Waals surface area contributed by atoms with Crippen LogP contribution in [0.1, 0.15) is 37.2 Å². The van der Waals surface area contributed by atoms with Crippen LogP contribution < -0.4 is 0 Å². The first-order chi connectivity index (χ1) is 8.28. The third-order valence-corrected chi connectivity index (χ3v) is 5.06. The van der Waals surface area contributed by atoms with E-state index in [1.807, 2.05) is 12.1 Å². The molecule has 2 saturated carbocycles. The number of benzene rings is 1. The third kappa shape index (κ3) is 2.02. The molecule has 0 N–H and O–H groups in total. The summed E-state index contributed by atoms with van der Waals surface area (Å²) in [5, 5.41) is 9.49. The van der Waals surface area contributed by atoms with Gasteiger partial charge in [0.25, 0.3) is 0 Å². The van der Waals surface area contributed by atoms with Crippen molar-refractivity contribution in [2.75, 3.05) is 0 Å². The van der Waals surface area contributed by atoms with Crippen molar-refractivity contribution in [1.29, 1.82) is 5.26 Å². The van der Waals surface area contributed by atoms with E-state index in [4.69, 9.17) is 0 Å². The Labute approximate surface area is 111 Å². The van der Waals surface area contributed by atoms with Gasteiger partial charge in [-0.1, -0.05) is 34.5 Å². The van der Waals surface area contributed by atoms with Crippen LogP contribution in [0.3, 0.4) is 0 Å². The van der Waals surface area contributed by atoms with Crippen LogP contribution in [0.15, 0.2) is 28.7 Å². The molecule has 2 aliphatic carbocycles. The average Bonchev–Trinajstić information content (AvgIpc) is 2.92. The van der Waals surface area contributed by atoms with E-state index >= 15 is 0 Å². The molecule has 2 fully saturated rings. The van der Waals surface area contributed by atoms with Crippen LogP contribution in [0, 0.1) is 29.1 Å². The predicted molar refractivity (Wildman–Crippen MR) is 71.4 cm³/mol. The third-order valence-electron chi connectivity index (χ3n) is 4.57. The molecule has 3 rings (SSSR count). The Morgan fingerprint density at radius 2 is 2.18 bits per heavy atom. The lowest BCUT2D eigenvalue weighted by molar-refractivity contribution is 0.311. The topological polar surface area (TPSA) is 23.8 Å². The second-order valence-corrected chi connectivity index (χ2v) is 6.42. The van der Waals surface area contributed by atoms with Crippen LogP contribution >= 0.6 is 15.9 Å². The van der Waals surface area contributed by atoms with Crippen LogP contribution in [0.4, 0.5) is 0 Å². The first-order valence-corrected chi connectivity index (χ1v) is 7.22. The van der Waals surface area contributed by atoms with E-state index in [0.717, 1.165) is 16.3 Å². The number of hydrogen-bond acceptors (Lipinski definition) is 1. The Morgan fingerprint density at radius 1 is 1.29 bits per heavy atom. The van der Waals surface area contributed by atoms with Crippen molar-refractivity contribution < 1.29 is 0 Å². The minimum Gasteiger partial charge on any atom is -0.198 e. The molecule has 0 aliphatic heterocycles. The SMILES string of the molecule is N#CC(c1cccc(Br)c1)C1CC2CCC1C2. The standard InChI is InChI=1S/C15H16BrN/c16-13-3-1-2-11(8-13)15(9-17)14-7-10-4-5-12(14)6-10/h1-3,8,10,12,14-15H,4-7H2. The second kappa shape index (κ2) is 4.46. The van der Waals surface area contributed by atoms with Crippen molar-refractivity contribution in [2.45, 2.75) is 31.6 Å². The van der Waals surface area contributed by atoms with Gasteiger partial charge in [0, 0.05) is 4.47 Å². The Bertz CT molecular complexity index is 462. The van der Waals surface area contributed by atoms with Gasteiger partial charge < -0.3 is 0 Å². The lowest BCUT2D eigenvalue weighted by Gasteiger charge is -2.26. The zero-order chi connectivity index (χ0) is 11.8. The van der Waals surface area contributed by atoms with Crippen molar-refractivity contribution in [3.63, 3.8) is 0 Å². The van der Waals surface area contributed by atoms with E-state index < -0.39 is 0 Å². The average molecular weight is 290 g/mol. The molecule has 0 radical (unpaired) electrons. The fraction of sp³-hybridized carbons (Fsp3) is 0.533. The summed E-state index contributed by atoms with van der Waals surface area (Å²) in [5.41, 5.74) is 1.19. The first kappa shape index (κ1) is 11.3. The van der Waals surface area contributed by atoms with E-state index in [0.29, 0.717) is 5.92 Å². The van der Waals surface area contributed by atoms with E-state index in [-0.39, 0.29) is 5.92 Å². The van der Waals surface area contributed by atoms with E-state index in [1.165, 1.54) is 31.2 Å². The minimum atomic E-state index is 0.0998. The molecule has 1 aromatic rings. The molecular formula is C15H16BrN. The summed E-state index contributed by atoms with van der Waals surface area (Å²) >= 11 is 3.50. The molecule has 0 amide bonds. The molecule has 17 heavy (non-hydrogen) atoms. The zero-order valence-corrected chi connectivity index (χ0v) is 11.4. The normalized spacial score (nSPS) is 32.4. The largest absolute Gasteiger partial charge is 0.198 e. The molecule has 0 spiro atoms. The second-order valence-electron chi connectivity index (χ2n) is 5.50. The van der Waals surface area contributed by atoms with Gasteiger partial charge in [-0.05, 0) is 54.7 Å². The molecule has 0 aromatic heterocycles. The van der Waals surface area contributed by atoms with Gasteiger partial charge in [0.05, 0.1) is 12.0 Å². The minimum absolute atomic E-state index is 0.0998. The fourth-order valence-corrected chi connectivity index (χ4v) is 4.24. The molecule has 2 bridgehead atoms. The molecular weight excluding hydrogens is 274 g/mol. The lowest BCUT2D eigenvalue weighted by atomic mass is 9.77. The summed E-state index contributed by atoms with van der Waals surface area (Å²) in [7, 11) is 0. The summed E-state index contributed by atoms with van der Waals surface area (Å²) < 4.78 is 1.08. The van der Waals surface area contributed by atoms with E-state index in [1.54, 1.807) is 0 Å². The van der Waals surface area contributed by atoms with Gasteiger partial charge >= 0.3 is 0 Å². The van der Waals surface area contributed by atoms with Gasteiger partial charge in [0.2, 0.25) is 0 Å². The summed E-state index contributed by atoms with van der Waals surface area (Å²) in [4.78, 5) is 0. The van der Waals surface area contributed by atoms with Gasteiger partial charge in [-0.3, -0.25) is 0 Å². The smallest absolute Gasteiger partial charge is 0.0744 e. The number of rotatable bonds is 2. The Hall–Kier alpha value is -0.810. The summed E-state index contributed by atoms with van der Waals surface area (Å²) in [6.07, 6.45) is 5.39. The van der Waals surface area contributed by atoms with Crippen molar-refractivity contribution in [2.24, 2.45) is 17.8 Å². The van der Waals surface area contributed by atoms with Crippen LogP contribution in [0.5, 0.6) is 0 Å². The van der Waals surface area contributed by atoms with Crippen molar-refractivity contribution in [3.8, 4) is 6.07 Å². The summed E-state index contributed by atoms with van der Waals surface area (Å²) in [6.45, 7) is 0. The molecule has 4 atom stereocenters. The first-order valence-electron chi connectivity index (χ1n) is 6.43. The molecule has 1 aromatic carbocycles. The number of hydrogen-bond donors (Lipinski definition) is 0. The van der Waals surface area contributed by atoms with Crippen LogP contribution in [0.2, 0.25) is 0 Å². The molecule has 0 heterocycles. The van der Waals surface area contributed by atoms with Crippen LogP contribution in [0.25, 0.3) is 0 Å². The number of fused-ring (bicyclic) bond motifs is 2. The molecule has 0 saturated heterocycles. The highest BCUT2D eigenvalue weighted by Gasteiger charge is 2.43. The van der Waals surface area contributed by atoms with Crippen molar-refractivity contribution in [1.82, 2.24) is 0 Å². The highest BCUT2D eigenvalue weighted by molar-refractivity contribution is 9.10. The van der Waals surface area contributed by atoms with E-state index in [2.05, 4.69) is 34.1 Å². The quantitative estimate of drug-likeness (QED) is 0.787. The van der Waals surface area contributed by atoms with Crippen molar-refractivity contribution in [3.05, 3.63) is 34.3 Å². The van der Waals surface area contributed by atoms with Crippen LogP contribution in [-0.4, -0.2) is 0 Å². The maximum atomic E-state index is 9.49.